The summed E-state index contributed by atoms with van der Waals surface area (Å²) in [5, 5.41) is 24.5. The zero-order chi connectivity index (χ0) is 16.7. The SMILES string of the molecule is CC1=NN(C(=O)C(F)(F)F)[C@@](O)(c2ccc([N+](=O)[O-])cc2)C1. The zero-order valence-electron chi connectivity index (χ0n) is 11.2. The molecule has 0 saturated heterocycles. The molecule has 22 heavy (non-hydrogen) atoms. The van der Waals surface area contributed by atoms with Crippen LogP contribution in [-0.2, 0) is 10.5 Å². The van der Waals surface area contributed by atoms with Crippen molar-refractivity contribution in [2.45, 2.75) is 25.2 Å². The van der Waals surface area contributed by atoms with Crippen molar-refractivity contribution in [3.63, 3.8) is 0 Å². The van der Waals surface area contributed by atoms with Gasteiger partial charge in [-0.15, -0.1) is 0 Å². The Labute approximate surface area is 121 Å². The largest absolute Gasteiger partial charge is 0.473 e. The second kappa shape index (κ2) is 5.05. The van der Waals surface area contributed by atoms with E-state index in [9.17, 15) is 33.2 Å². The van der Waals surface area contributed by atoms with Gasteiger partial charge in [-0.3, -0.25) is 14.9 Å². The summed E-state index contributed by atoms with van der Waals surface area (Å²) >= 11 is 0. The van der Waals surface area contributed by atoms with E-state index in [1.54, 1.807) is 0 Å². The molecular formula is C12H10F3N3O4. The highest BCUT2D eigenvalue weighted by Crippen LogP contribution is 2.38. The van der Waals surface area contributed by atoms with Crippen LogP contribution in [-0.4, -0.2) is 32.8 Å². The Morgan fingerprint density at radius 3 is 2.41 bits per heavy atom. The molecule has 1 amide bonds. The molecule has 0 fully saturated rings. The minimum absolute atomic E-state index is 0.0382. The molecule has 1 aromatic rings. The number of halogens is 3. The lowest BCUT2D eigenvalue weighted by atomic mass is 9.97. The first-order valence-electron chi connectivity index (χ1n) is 5.98. The molecule has 0 bridgehead atoms. The van der Waals surface area contributed by atoms with E-state index in [0.717, 1.165) is 24.3 Å². The Morgan fingerprint density at radius 1 is 1.41 bits per heavy atom. The van der Waals surface area contributed by atoms with E-state index in [4.69, 9.17) is 0 Å². The van der Waals surface area contributed by atoms with Gasteiger partial charge in [0, 0.05) is 29.8 Å². The topological polar surface area (TPSA) is 96.0 Å². The van der Waals surface area contributed by atoms with Crippen LogP contribution in [0.4, 0.5) is 18.9 Å². The van der Waals surface area contributed by atoms with Crippen LogP contribution in [0.25, 0.3) is 0 Å². The quantitative estimate of drug-likeness (QED) is 0.665. The summed E-state index contributed by atoms with van der Waals surface area (Å²) in [7, 11) is 0. The second-order valence-corrected chi connectivity index (χ2v) is 4.75. The fourth-order valence-corrected chi connectivity index (χ4v) is 2.13. The molecule has 1 heterocycles. The molecule has 0 saturated carbocycles. The van der Waals surface area contributed by atoms with Gasteiger partial charge < -0.3 is 5.11 Å². The molecule has 0 aliphatic carbocycles. The van der Waals surface area contributed by atoms with Crippen LogP contribution < -0.4 is 0 Å². The van der Waals surface area contributed by atoms with E-state index in [2.05, 4.69) is 5.10 Å². The number of non-ortho nitro benzene ring substituents is 1. The molecule has 0 aromatic heterocycles. The molecule has 7 nitrogen and oxygen atoms in total. The van der Waals surface area contributed by atoms with Gasteiger partial charge >= 0.3 is 12.1 Å². The van der Waals surface area contributed by atoms with Crippen molar-refractivity contribution in [1.29, 1.82) is 0 Å². The van der Waals surface area contributed by atoms with Crippen LogP contribution in [0.1, 0.15) is 18.9 Å². The number of benzene rings is 1. The second-order valence-electron chi connectivity index (χ2n) is 4.75. The molecule has 1 aliphatic rings. The first-order chi connectivity index (χ1) is 10.1. The van der Waals surface area contributed by atoms with Gasteiger partial charge in [-0.2, -0.15) is 23.3 Å². The van der Waals surface area contributed by atoms with Crippen LogP contribution in [0.5, 0.6) is 0 Å². The molecular weight excluding hydrogens is 307 g/mol. The van der Waals surface area contributed by atoms with Crippen molar-refractivity contribution in [3.05, 3.63) is 39.9 Å². The predicted molar refractivity (Wildman–Crippen MR) is 67.6 cm³/mol. The number of hydrazone groups is 1. The van der Waals surface area contributed by atoms with Crippen LogP contribution in [0.3, 0.4) is 0 Å². The number of nitro groups is 1. The Balaban J connectivity index is 2.42. The molecule has 1 N–H and O–H groups in total. The van der Waals surface area contributed by atoms with E-state index in [0.29, 0.717) is 0 Å². The maximum atomic E-state index is 12.6. The Kier molecular flexibility index (Phi) is 3.65. The molecule has 0 spiro atoms. The highest BCUT2D eigenvalue weighted by Gasteiger charge is 2.53. The monoisotopic (exact) mass is 317 g/mol. The fourth-order valence-electron chi connectivity index (χ4n) is 2.13. The van der Waals surface area contributed by atoms with Crippen LogP contribution >= 0.6 is 0 Å². The Hall–Kier alpha value is -2.49. The standard InChI is InChI=1S/C12H10F3N3O4/c1-7-6-11(20,17(16-7)10(19)12(13,14)15)8-2-4-9(5-3-8)18(21)22/h2-5,20H,6H2,1H3/t11-/m0/s1. The Bertz CT molecular complexity index is 657. The molecule has 2 rings (SSSR count). The fraction of sp³-hybridized carbons (Fsp3) is 0.333. The smallest absolute Gasteiger partial charge is 0.365 e. The van der Waals surface area contributed by atoms with E-state index in [1.807, 2.05) is 0 Å². The summed E-state index contributed by atoms with van der Waals surface area (Å²) in [6.45, 7) is 1.36. The number of nitrogens with zero attached hydrogens (tertiary/aromatic N) is 3. The minimum Gasteiger partial charge on any atom is -0.365 e. The first kappa shape index (κ1) is 15.9. The van der Waals surface area contributed by atoms with E-state index < -0.39 is 22.7 Å². The highest BCUT2D eigenvalue weighted by molar-refractivity contribution is 5.91. The van der Waals surface area contributed by atoms with Gasteiger partial charge in [0.25, 0.3) is 5.69 Å². The van der Waals surface area contributed by atoms with Gasteiger partial charge in [-0.25, -0.2) is 0 Å². The summed E-state index contributed by atoms with van der Waals surface area (Å²) in [5.74, 6) is -2.31. The van der Waals surface area contributed by atoms with Crippen molar-refractivity contribution >= 4 is 17.3 Å². The molecule has 118 valence electrons. The van der Waals surface area contributed by atoms with Gasteiger partial charge in [0.05, 0.1) is 4.92 Å². The van der Waals surface area contributed by atoms with Gasteiger partial charge in [-0.1, -0.05) is 0 Å². The van der Waals surface area contributed by atoms with Crippen molar-refractivity contribution < 1.29 is 28.0 Å². The zero-order valence-corrected chi connectivity index (χ0v) is 11.2. The number of aliphatic hydroxyl groups is 1. The average molecular weight is 317 g/mol. The van der Waals surface area contributed by atoms with Gasteiger partial charge in [-0.05, 0) is 19.1 Å². The lowest BCUT2D eigenvalue weighted by Crippen LogP contribution is -2.48. The number of carbonyl (C=O) groups is 1. The van der Waals surface area contributed by atoms with E-state index in [-0.39, 0.29) is 28.4 Å². The molecule has 0 unspecified atom stereocenters. The maximum Gasteiger partial charge on any atom is 0.473 e. The number of hydrogen-bond acceptors (Lipinski definition) is 5. The summed E-state index contributed by atoms with van der Waals surface area (Å²) in [6.07, 6.45) is -5.53. The normalized spacial score (nSPS) is 21.7. The van der Waals surface area contributed by atoms with Gasteiger partial charge in [0.2, 0.25) is 0 Å². The highest BCUT2D eigenvalue weighted by atomic mass is 19.4. The van der Waals surface area contributed by atoms with Crippen molar-refractivity contribution in [2.75, 3.05) is 0 Å². The molecule has 1 atom stereocenters. The molecule has 10 heteroatoms. The summed E-state index contributed by atoms with van der Waals surface area (Å²) in [6, 6.07) is 4.22. The Morgan fingerprint density at radius 2 is 1.95 bits per heavy atom. The maximum absolute atomic E-state index is 12.6. The summed E-state index contributed by atoms with van der Waals surface area (Å²) in [4.78, 5) is 21.3. The predicted octanol–water partition coefficient (Wildman–Crippen LogP) is 1.91. The van der Waals surface area contributed by atoms with Crippen LogP contribution in [0, 0.1) is 10.1 Å². The first-order valence-corrected chi connectivity index (χ1v) is 5.98. The summed E-state index contributed by atoms with van der Waals surface area (Å²) < 4.78 is 37.8. The average Bonchev–Trinajstić information content (AvgIpc) is 2.73. The van der Waals surface area contributed by atoms with Gasteiger partial charge in [0.15, 0.2) is 5.72 Å². The number of amides is 1. The minimum atomic E-state index is -5.21. The molecule has 1 aromatic carbocycles. The third kappa shape index (κ3) is 2.64. The van der Waals surface area contributed by atoms with Crippen molar-refractivity contribution in [3.8, 4) is 0 Å². The molecule has 0 radical (unpaired) electrons. The number of nitro benzene ring substituents is 1. The van der Waals surface area contributed by atoms with E-state index in [1.165, 1.54) is 6.92 Å². The van der Waals surface area contributed by atoms with Gasteiger partial charge in [0.1, 0.15) is 0 Å². The lowest BCUT2D eigenvalue weighted by molar-refractivity contribution is -0.384. The summed E-state index contributed by atoms with van der Waals surface area (Å²) in [5.41, 5.74) is -2.60. The number of alkyl halides is 3. The van der Waals surface area contributed by atoms with E-state index >= 15 is 0 Å². The third-order valence-electron chi connectivity index (χ3n) is 3.10. The number of rotatable bonds is 2. The number of hydrogen-bond donors (Lipinski definition) is 1. The van der Waals surface area contributed by atoms with Crippen LogP contribution in [0.15, 0.2) is 29.4 Å². The molecule has 1 aliphatic heterocycles. The van der Waals surface area contributed by atoms with Crippen molar-refractivity contribution in [1.82, 2.24) is 5.01 Å². The number of carbonyl (C=O) groups excluding carboxylic acids is 1. The third-order valence-corrected chi connectivity index (χ3v) is 3.10. The van der Waals surface area contributed by atoms with Crippen molar-refractivity contribution in [2.24, 2.45) is 5.10 Å². The lowest BCUT2D eigenvalue weighted by Gasteiger charge is -2.31. The van der Waals surface area contributed by atoms with Crippen LogP contribution in [0.2, 0.25) is 0 Å².